The summed E-state index contributed by atoms with van der Waals surface area (Å²) in [4.78, 5) is 39.2. The third kappa shape index (κ3) is 5.74. The maximum Gasteiger partial charge on any atom is 0.256 e. The van der Waals surface area contributed by atoms with E-state index in [0.29, 0.717) is 39.3 Å². The average molecular weight is 458 g/mol. The molecule has 5 N–H and O–H groups in total. The quantitative estimate of drug-likeness (QED) is 0.369. The Kier molecular flexibility index (Phi) is 7.45. The van der Waals surface area contributed by atoms with Crippen molar-refractivity contribution < 1.29 is 29.0 Å². The van der Waals surface area contributed by atoms with Crippen molar-refractivity contribution in [3.63, 3.8) is 0 Å². The number of Topliss-reactive ketones (excluding diaryl/α,β-unsaturated/α-hetero) is 1. The van der Waals surface area contributed by atoms with Gasteiger partial charge in [-0.05, 0) is 63.5 Å². The zero-order valence-corrected chi connectivity index (χ0v) is 18.8. The number of ketones is 1. The number of H-pyrrole nitrogens is 1. The Hall–Kier alpha value is -3.30. The molecule has 2 aromatic rings. The van der Waals surface area contributed by atoms with Crippen molar-refractivity contribution in [2.75, 3.05) is 11.9 Å². The summed E-state index contributed by atoms with van der Waals surface area (Å²) in [5, 5.41) is 25.2. The van der Waals surface area contributed by atoms with Crippen LogP contribution < -0.4 is 10.6 Å². The number of carbonyl (C=O) groups excluding carboxylic acids is 3. The van der Waals surface area contributed by atoms with E-state index in [4.69, 9.17) is 0 Å². The first-order valence-corrected chi connectivity index (χ1v) is 10.7. The van der Waals surface area contributed by atoms with Crippen LogP contribution in [-0.2, 0) is 9.59 Å². The third-order valence-corrected chi connectivity index (χ3v) is 5.59. The minimum absolute atomic E-state index is 0.0153. The van der Waals surface area contributed by atoms with Crippen molar-refractivity contribution in [3.05, 3.63) is 52.1 Å². The van der Waals surface area contributed by atoms with Gasteiger partial charge in [0.1, 0.15) is 11.6 Å². The lowest BCUT2D eigenvalue weighted by Crippen LogP contribution is -2.29. The molecule has 2 heterocycles. The van der Waals surface area contributed by atoms with Crippen molar-refractivity contribution in [1.82, 2.24) is 10.3 Å². The molecule has 0 spiro atoms. The normalized spacial score (nSPS) is 15.8. The number of aromatic nitrogens is 1. The predicted octanol–water partition coefficient (Wildman–Crippen LogP) is 2.47. The lowest BCUT2D eigenvalue weighted by molar-refractivity contribution is -0.119. The maximum atomic E-state index is 13.7. The minimum Gasteiger partial charge on any atom is -0.393 e. The Morgan fingerprint density at radius 3 is 2.64 bits per heavy atom. The van der Waals surface area contributed by atoms with Gasteiger partial charge in [-0.15, -0.1) is 0 Å². The summed E-state index contributed by atoms with van der Waals surface area (Å²) in [6, 6.07) is 4.06. The second-order valence-corrected chi connectivity index (χ2v) is 8.36. The van der Waals surface area contributed by atoms with Gasteiger partial charge >= 0.3 is 0 Å². The van der Waals surface area contributed by atoms with Gasteiger partial charge in [0.15, 0.2) is 0 Å². The molecule has 0 aliphatic carbocycles. The zero-order valence-electron chi connectivity index (χ0n) is 18.8. The molecule has 9 heteroatoms. The van der Waals surface area contributed by atoms with Crippen LogP contribution in [0.15, 0.2) is 18.2 Å². The van der Waals surface area contributed by atoms with Crippen LogP contribution in [0.4, 0.5) is 10.1 Å². The molecule has 8 nitrogen and oxygen atoms in total. The van der Waals surface area contributed by atoms with Crippen LogP contribution in [0.2, 0.25) is 0 Å². The average Bonchev–Trinajstić information content (AvgIpc) is 3.16. The van der Waals surface area contributed by atoms with Crippen LogP contribution in [0.5, 0.6) is 0 Å². The van der Waals surface area contributed by atoms with Gasteiger partial charge < -0.3 is 25.8 Å². The largest absolute Gasteiger partial charge is 0.393 e. The first-order valence-electron chi connectivity index (χ1n) is 10.7. The molecule has 2 unspecified atom stereocenters. The number of amides is 2. The van der Waals surface area contributed by atoms with Gasteiger partial charge in [0, 0.05) is 35.6 Å². The Labute approximate surface area is 190 Å². The molecule has 0 fully saturated rings. The molecule has 1 aromatic heterocycles. The lowest BCUT2D eigenvalue weighted by Gasteiger charge is -2.15. The van der Waals surface area contributed by atoms with Crippen LogP contribution in [0.3, 0.4) is 0 Å². The number of fused-ring (bicyclic) bond motifs is 1. The molecule has 2 amide bonds. The van der Waals surface area contributed by atoms with Gasteiger partial charge in [-0.3, -0.25) is 14.4 Å². The van der Waals surface area contributed by atoms with Gasteiger partial charge in [0.25, 0.3) is 11.8 Å². The summed E-state index contributed by atoms with van der Waals surface area (Å²) < 4.78 is 13.7. The molecule has 176 valence electrons. The lowest BCUT2D eigenvalue weighted by atomic mass is 10.0. The molecule has 0 saturated heterocycles. The van der Waals surface area contributed by atoms with Gasteiger partial charge in [-0.2, -0.15) is 0 Å². The monoisotopic (exact) mass is 457 g/mol. The van der Waals surface area contributed by atoms with Crippen LogP contribution in [0.25, 0.3) is 11.6 Å². The van der Waals surface area contributed by atoms with Crippen molar-refractivity contribution in [1.29, 1.82) is 0 Å². The van der Waals surface area contributed by atoms with E-state index in [1.165, 1.54) is 25.1 Å². The van der Waals surface area contributed by atoms with E-state index in [0.717, 1.165) is 0 Å². The minimum atomic E-state index is -0.913. The summed E-state index contributed by atoms with van der Waals surface area (Å²) in [6.07, 6.45) is 0.0970. The van der Waals surface area contributed by atoms with Crippen molar-refractivity contribution in [2.45, 2.75) is 52.2 Å². The number of aryl methyl sites for hydroxylation is 1. The van der Waals surface area contributed by atoms with E-state index in [2.05, 4.69) is 15.6 Å². The Morgan fingerprint density at radius 2 is 1.94 bits per heavy atom. The summed E-state index contributed by atoms with van der Waals surface area (Å²) in [5.41, 5.74) is 3.50. The van der Waals surface area contributed by atoms with E-state index >= 15 is 0 Å². The highest BCUT2D eigenvalue weighted by molar-refractivity contribution is 6.34. The molecular formula is C24H28FN3O5. The SMILES string of the molecule is CC(=O)CC(O)CC(O)CCNC(=O)c1c(C)[nH]c(/C=C2\C(=O)Nc3ccc(F)cc32)c1C. The number of aromatic amines is 1. The van der Waals surface area contributed by atoms with Gasteiger partial charge in [-0.25, -0.2) is 4.39 Å². The topological polar surface area (TPSA) is 132 Å². The first-order chi connectivity index (χ1) is 15.6. The number of nitrogens with one attached hydrogen (secondary N) is 3. The first kappa shape index (κ1) is 24.3. The second kappa shape index (κ2) is 10.1. The number of carbonyl (C=O) groups is 3. The predicted molar refractivity (Wildman–Crippen MR) is 122 cm³/mol. The van der Waals surface area contributed by atoms with Crippen molar-refractivity contribution >= 4 is 34.9 Å². The van der Waals surface area contributed by atoms with E-state index in [1.807, 2.05) is 0 Å². The van der Waals surface area contributed by atoms with Crippen LogP contribution in [-0.4, -0.2) is 51.5 Å². The highest BCUT2D eigenvalue weighted by atomic mass is 19.1. The summed E-state index contributed by atoms with van der Waals surface area (Å²) >= 11 is 0. The maximum absolute atomic E-state index is 13.7. The molecule has 33 heavy (non-hydrogen) atoms. The second-order valence-electron chi connectivity index (χ2n) is 8.36. The van der Waals surface area contributed by atoms with Crippen LogP contribution in [0.1, 0.15) is 59.1 Å². The fourth-order valence-electron chi connectivity index (χ4n) is 3.99. The number of rotatable bonds is 9. The zero-order chi connectivity index (χ0) is 24.3. The third-order valence-electron chi connectivity index (χ3n) is 5.59. The Balaban J connectivity index is 1.68. The fourth-order valence-corrected chi connectivity index (χ4v) is 3.99. The van der Waals surface area contributed by atoms with Crippen LogP contribution in [0, 0.1) is 19.7 Å². The van der Waals surface area contributed by atoms with Gasteiger partial charge in [-0.1, -0.05) is 0 Å². The van der Waals surface area contributed by atoms with Crippen molar-refractivity contribution in [2.24, 2.45) is 0 Å². The molecule has 1 aliphatic heterocycles. The number of benzene rings is 1. The van der Waals surface area contributed by atoms with E-state index in [9.17, 15) is 29.0 Å². The molecule has 1 aromatic carbocycles. The molecule has 3 rings (SSSR count). The van der Waals surface area contributed by atoms with Crippen LogP contribution >= 0.6 is 0 Å². The van der Waals surface area contributed by atoms with E-state index in [1.54, 1.807) is 19.9 Å². The molecule has 0 saturated carbocycles. The number of aliphatic hydroxyl groups excluding tert-OH is 2. The summed E-state index contributed by atoms with van der Waals surface area (Å²) in [5.74, 6) is -1.30. The molecule has 0 bridgehead atoms. The molecule has 2 atom stereocenters. The summed E-state index contributed by atoms with van der Waals surface area (Å²) in [6.45, 7) is 5.04. The highest BCUT2D eigenvalue weighted by Gasteiger charge is 2.26. The Morgan fingerprint density at radius 1 is 1.21 bits per heavy atom. The Bertz CT molecular complexity index is 1120. The summed E-state index contributed by atoms with van der Waals surface area (Å²) in [7, 11) is 0. The molecular weight excluding hydrogens is 429 g/mol. The number of aliphatic hydroxyl groups is 2. The number of anilines is 1. The van der Waals surface area contributed by atoms with Crippen molar-refractivity contribution in [3.8, 4) is 0 Å². The smallest absolute Gasteiger partial charge is 0.256 e. The van der Waals surface area contributed by atoms with Gasteiger partial charge in [0.2, 0.25) is 0 Å². The number of hydrogen-bond acceptors (Lipinski definition) is 5. The van der Waals surface area contributed by atoms with E-state index < -0.39 is 18.0 Å². The molecule has 0 radical (unpaired) electrons. The molecule has 1 aliphatic rings. The van der Waals surface area contributed by atoms with Gasteiger partial charge in [0.05, 0.1) is 23.3 Å². The fraction of sp³-hybridized carbons (Fsp3) is 0.375. The highest BCUT2D eigenvalue weighted by Crippen LogP contribution is 2.34. The number of hydrogen-bond donors (Lipinski definition) is 5. The standard InChI is InChI=1S/C24H28FN3O5/c1-12(29)8-17(31)10-16(30)6-7-26-24(33)22-13(2)21(27-14(22)3)11-19-18-9-15(25)4-5-20(18)28-23(19)32/h4-5,9,11,16-17,27,30-31H,6-8,10H2,1-3H3,(H,26,33)(H,28,32)/b19-11-. The van der Waals surface area contributed by atoms with E-state index in [-0.39, 0.29) is 43.4 Å². The number of halogens is 1.